The quantitative estimate of drug-likeness (QED) is 0.210. The molecule has 0 radical (unpaired) electrons. The predicted molar refractivity (Wildman–Crippen MR) is 145 cm³/mol. The molecule has 0 spiro atoms. The third kappa shape index (κ3) is 5.51. The summed E-state index contributed by atoms with van der Waals surface area (Å²) in [6.45, 7) is 0. The van der Waals surface area contributed by atoms with E-state index < -0.39 is 0 Å². The molecule has 1 saturated heterocycles. The standard InChI is InChI=1S/C16H9BrN4OS2.C7H4N2OS/c17-10-3-1-2-4-11(10)18-16-19-15(22)14(23-16)8-9-5-6-12-13(7-9)21-24-20-12;10-4-5-1-2-6-7(3-5)9-11-8-6/h1-8H,(H,18,19,22);1-4H. The molecule has 172 valence electrons. The van der Waals surface area contributed by atoms with Gasteiger partial charge in [-0.15, -0.1) is 0 Å². The molecule has 12 heteroatoms. The minimum Gasteiger partial charge on any atom is -0.300 e. The van der Waals surface area contributed by atoms with Gasteiger partial charge in [-0.05, 0) is 81.8 Å². The first-order valence-corrected chi connectivity index (χ1v) is 13.1. The largest absolute Gasteiger partial charge is 0.300 e. The average molecular weight is 582 g/mol. The number of nitrogens with one attached hydrogen (secondary N) is 1. The van der Waals surface area contributed by atoms with E-state index in [0.29, 0.717) is 15.6 Å². The van der Waals surface area contributed by atoms with Crippen molar-refractivity contribution in [2.45, 2.75) is 0 Å². The SMILES string of the molecule is O=C1NC(=Nc2ccccc2Br)SC1=Cc1ccc2nsnc2c1.O=Cc1ccc2nsnc2c1. The van der Waals surface area contributed by atoms with Crippen molar-refractivity contribution >= 4 is 102 Å². The van der Waals surface area contributed by atoms with Crippen LogP contribution in [0.15, 0.2) is 75.0 Å². The number of rotatable bonds is 3. The van der Waals surface area contributed by atoms with Gasteiger partial charge in [0.1, 0.15) is 28.4 Å². The minimum absolute atomic E-state index is 0.151. The van der Waals surface area contributed by atoms with Crippen molar-refractivity contribution < 1.29 is 9.59 Å². The molecule has 1 aliphatic heterocycles. The molecule has 1 aliphatic rings. The van der Waals surface area contributed by atoms with Crippen LogP contribution in [0.1, 0.15) is 15.9 Å². The molecule has 2 aromatic heterocycles. The van der Waals surface area contributed by atoms with Gasteiger partial charge >= 0.3 is 0 Å². The van der Waals surface area contributed by atoms with Crippen LogP contribution in [0.25, 0.3) is 28.1 Å². The summed E-state index contributed by atoms with van der Waals surface area (Å²) in [5.74, 6) is -0.151. The van der Waals surface area contributed by atoms with E-state index in [4.69, 9.17) is 0 Å². The topological polar surface area (TPSA) is 110 Å². The van der Waals surface area contributed by atoms with Crippen LogP contribution < -0.4 is 5.32 Å². The molecule has 6 rings (SSSR count). The summed E-state index contributed by atoms with van der Waals surface area (Å²) in [5, 5.41) is 3.36. The third-order valence-electron chi connectivity index (χ3n) is 4.71. The number of amidine groups is 1. The molecular weight excluding hydrogens is 568 g/mol. The molecule has 1 fully saturated rings. The Kier molecular flexibility index (Phi) is 7.04. The summed E-state index contributed by atoms with van der Waals surface area (Å²) >= 11 is 7.11. The predicted octanol–water partition coefficient (Wildman–Crippen LogP) is 5.85. The maximum Gasteiger partial charge on any atom is 0.264 e. The highest BCUT2D eigenvalue weighted by Crippen LogP contribution is 2.31. The molecule has 5 aromatic rings. The summed E-state index contributed by atoms with van der Waals surface area (Å²) < 4.78 is 17.3. The lowest BCUT2D eigenvalue weighted by atomic mass is 10.2. The Balaban J connectivity index is 0.000000192. The van der Waals surface area contributed by atoms with Gasteiger partial charge in [0.15, 0.2) is 5.17 Å². The van der Waals surface area contributed by atoms with Crippen molar-refractivity contribution in [1.82, 2.24) is 22.8 Å². The first-order chi connectivity index (χ1) is 17.1. The lowest BCUT2D eigenvalue weighted by molar-refractivity contribution is -0.115. The van der Waals surface area contributed by atoms with Crippen LogP contribution in [-0.2, 0) is 4.79 Å². The maximum absolute atomic E-state index is 12.2. The van der Waals surface area contributed by atoms with Crippen LogP contribution in [0.5, 0.6) is 0 Å². The van der Waals surface area contributed by atoms with Crippen molar-refractivity contribution in [1.29, 1.82) is 0 Å². The number of hydrogen-bond donors (Lipinski definition) is 1. The van der Waals surface area contributed by atoms with E-state index in [-0.39, 0.29) is 5.91 Å². The van der Waals surface area contributed by atoms with Gasteiger partial charge in [0, 0.05) is 10.0 Å². The first-order valence-electron chi connectivity index (χ1n) is 10.0. The number of carbonyl (C=O) groups is 2. The van der Waals surface area contributed by atoms with E-state index in [1.807, 2.05) is 48.5 Å². The molecule has 8 nitrogen and oxygen atoms in total. The van der Waals surface area contributed by atoms with E-state index in [2.05, 4.69) is 43.7 Å². The van der Waals surface area contributed by atoms with E-state index in [1.165, 1.54) is 23.5 Å². The number of halogens is 1. The van der Waals surface area contributed by atoms with Crippen LogP contribution in [0.3, 0.4) is 0 Å². The number of aromatic nitrogens is 4. The van der Waals surface area contributed by atoms with Crippen molar-refractivity contribution in [2.24, 2.45) is 4.99 Å². The van der Waals surface area contributed by atoms with Crippen LogP contribution in [0, 0.1) is 0 Å². The van der Waals surface area contributed by atoms with Gasteiger partial charge < -0.3 is 5.32 Å². The number of hydrogen-bond acceptors (Lipinski definition) is 10. The Morgan fingerprint density at radius 1 is 0.829 bits per heavy atom. The van der Waals surface area contributed by atoms with Crippen LogP contribution in [-0.4, -0.2) is 34.9 Å². The number of nitrogens with zero attached hydrogens (tertiary/aromatic N) is 5. The maximum atomic E-state index is 12.2. The van der Waals surface area contributed by atoms with E-state index in [1.54, 1.807) is 18.2 Å². The smallest absolute Gasteiger partial charge is 0.264 e. The van der Waals surface area contributed by atoms with Gasteiger partial charge in [0.25, 0.3) is 5.91 Å². The summed E-state index contributed by atoms with van der Waals surface area (Å²) in [7, 11) is 0. The summed E-state index contributed by atoms with van der Waals surface area (Å²) in [4.78, 5) is 27.6. The number of aldehydes is 1. The van der Waals surface area contributed by atoms with E-state index >= 15 is 0 Å². The first kappa shape index (κ1) is 23.4. The molecule has 0 saturated carbocycles. The normalized spacial score (nSPS) is 15.4. The van der Waals surface area contributed by atoms with Gasteiger partial charge in [0.2, 0.25) is 0 Å². The third-order valence-corrected chi connectivity index (χ3v) is 7.41. The summed E-state index contributed by atoms with van der Waals surface area (Å²) in [5.41, 5.74) is 5.67. The van der Waals surface area contributed by atoms with Crippen LogP contribution >= 0.6 is 51.1 Å². The molecule has 0 aliphatic carbocycles. The zero-order valence-electron chi connectivity index (χ0n) is 17.6. The Morgan fingerprint density at radius 3 is 2.14 bits per heavy atom. The molecule has 0 bridgehead atoms. The fourth-order valence-electron chi connectivity index (χ4n) is 3.05. The van der Waals surface area contributed by atoms with Crippen LogP contribution in [0.4, 0.5) is 5.69 Å². The Labute approximate surface area is 220 Å². The Bertz CT molecular complexity index is 1630. The number of para-hydroxylation sites is 1. The van der Waals surface area contributed by atoms with Gasteiger partial charge in [-0.25, -0.2) is 4.99 Å². The molecule has 0 unspecified atom stereocenters. The summed E-state index contributed by atoms with van der Waals surface area (Å²) in [6, 6.07) is 18.6. The van der Waals surface area contributed by atoms with Gasteiger partial charge in [-0.3, -0.25) is 9.59 Å². The van der Waals surface area contributed by atoms with Gasteiger partial charge in [-0.2, -0.15) is 17.5 Å². The number of aliphatic imine (C=N–C) groups is 1. The van der Waals surface area contributed by atoms with E-state index in [9.17, 15) is 9.59 Å². The molecular formula is C23H13BrN6O2S3. The van der Waals surface area contributed by atoms with Gasteiger partial charge in [0.05, 0.1) is 34.0 Å². The fraction of sp³-hybridized carbons (Fsp3) is 0. The summed E-state index contributed by atoms with van der Waals surface area (Å²) in [6.07, 6.45) is 2.64. The molecule has 1 N–H and O–H groups in total. The van der Waals surface area contributed by atoms with Crippen molar-refractivity contribution in [3.8, 4) is 0 Å². The number of carbonyl (C=O) groups excluding carboxylic acids is 2. The number of amides is 1. The fourth-order valence-corrected chi connectivity index (χ4v) is 5.29. The molecule has 3 heterocycles. The second kappa shape index (κ2) is 10.5. The van der Waals surface area contributed by atoms with E-state index in [0.717, 1.165) is 55.8 Å². The Hall–Kier alpha value is -3.32. The zero-order valence-corrected chi connectivity index (χ0v) is 21.6. The lowest BCUT2D eigenvalue weighted by Crippen LogP contribution is -2.19. The monoisotopic (exact) mass is 580 g/mol. The van der Waals surface area contributed by atoms with Gasteiger partial charge in [-0.1, -0.05) is 18.2 Å². The van der Waals surface area contributed by atoms with Crippen molar-refractivity contribution in [3.05, 3.63) is 81.2 Å². The zero-order chi connectivity index (χ0) is 24.2. The lowest BCUT2D eigenvalue weighted by Gasteiger charge is -1.98. The van der Waals surface area contributed by atoms with Crippen LogP contribution in [0.2, 0.25) is 0 Å². The number of benzene rings is 3. The highest BCUT2D eigenvalue weighted by molar-refractivity contribution is 9.10. The highest BCUT2D eigenvalue weighted by Gasteiger charge is 2.24. The number of thioether (sulfide) groups is 1. The van der Waals surface area contributed by atoms with Crippen molar-refractivity contribution in [3.63, 3.8) is 0 Å². The number of fused-ring (bicyclic) bond motifs is 2. The minimum atomic E-state index is -0.151. The Morgan fingerprint density at radius 2 is 1.46 bits per heavy atom. The molecule has 35 heavy (non-hydrogen) atoms. The van der Waals surface area contributed by atoms with Crippen molar-refractivity contribution in [2.75, 3.05) is 0 Å². The second-order valence-corrected chi connectivity index (χ2v) is 10.0. The molecule has 0 atom stereocenters. The molecule has 3 aromatic carbocycles. The molecule has 1 amide bonds. The second-order valence-electron chi connectivity index (χ2n) is 7.08. The highest BCUT2D eigenvalue weighted by atomic mass is 79.9. The average Bonchev–Trinajstić information content (AvgIpc) is 3.60.